The Morgan fingerprint density at radius 1 is 1.24 bits per heavy atom. The topological polar surface area (TPSA) is 76.1 Å². The van der Waals surface area contributed by atoms with Crippen LogP contribution in [0.4, 0.5) is 0 Å². The summed E-state index contributed by atoms with van der Waals surface area (Å²) >= 11 is 0. The molecular formula is C15H17NO5. The van der Waals surface area contributed by atoms with Gasteiger partial charge in [-0.15, -0.1) is 0 Å². The van der Waals surface area contributed by atoms with Crippen LogP contribution in [0.25, 0.3) is 0 Å². The van der Waals surface area contributed by atoms with Gasteiger partial charge in [0.25, 0.3) is 5.91 Å². The Hall–Kier alpha value is -2.24. The van der Waals surface area contributed by atoms with E-state index in [1.54, 1.807) is 25.1 Å². The number of carboxylic acid groups (broad SMARTS) is 1. The number of hydrogen-bond acceptors (Lipinski definition) is 4. The molecule has 2 aliphatic rings. The SMILES string of the molecule is CC1(C(=O)O)CCCN1C(=O)c1ccc2c(c1)OCCO2. The van der Waals surface area contributed by atoms with Crippen LogP contribution in [0, 0.1) is 0 Å². The average molecular weight is 291 g/mol. The summed E-state index contributed by atoms with van der Waals surface area (Å²) in [5, 5.41) is 9.39. The zero-order chi connectivity index (χ0) is 15.0. The number of benzene rings is 1. The minimum atomic E-state index is -1.13. The summed E-state index contributed by atoms with van der Waals surface area (Å²) in [4.78, 5) is 25.5. The Bertz CT molecular complexity index is 600. The number of fused-ring (bicyclic) bond motifs is 1. The molecule has 112 valence electrons. The van der Waals surface area contributed by atoms with Crippen LogP contribution in [0.3, 0.4) is 0 Å². The van der Waals surface area contributed by atoms with Crippen LogP contribution in [0.15, 0.2) is 18.2 Å². The van der Waals surface area contributed by atoms with Gasteiger partial charge in [0.15, 0.2) is 11.5 Å². The van der Waals surface area contributed by atoms with Crippen molar-refractivity contribution in [1.29, 1.82) is 0 Å². The third-order valence-electron chi connectivity index (χ3n) is 4.14. The molecule has 0 radical (unpaired) electrons. The van der Waals surface area contributed by atoms with Crippen molar-refractivity contribution in [2.45, 2.75) is 25.3 Å². The summed E-state index contributed by atoms with van der Waals surface area (Å²) in [5.74, 6) is -0.108. The van der Waals surface area contributed by atoms with Crippen LogP contribution in [-0.2, 0) is 4.79 Å². The highest BCUT2D eigenvalue weighted by Gasteiger charge is 2.46. The van der Waals surface area contributed by atoms with Crippen molar-refractivity contribution in [2.24, 2.45) is 0 Å². The first-order valence-electron chi connectivity index (χ1n) is 6.97. The van der Waals surface area contributed by atoms with Gasteiger partial charge in [-0.2, -0.15) is 0 Å². The molecule has 1 aromatic rings. The maximum atomic E-state index is 12.6. The lowest BCUT2D eigenvalue weighted by Gasteiger charge is -2.31. The summed E-state index contributed by atoms with van der Waals surface area (Å²) in [6, 6.07) is 4.96. The maximum absolute atomic E-state index is 12.6. The standard InChI is InChI=1S/C15H17NO5/c1-15(14(18)19)5-2-6-16(15)13(17)10-3-4-11-12(9-10)21-8-7-20-11/h3-4,9H,2,5-8H2,1H3,(H,18,19). The molecule has 1 saturated heterocycles. The number of likely N-dealkylation sites (tertiary alicyclic amines) is 1. The Kier molecular flexibility index (Phi) is 3.23. The molecule has 0 saturated carbocycles. The zero-order valence-corrected chi connectivity index (χ0v) is 11.8. The van der Waals surface area contributed by atoms with Crippen LogP contribution in [0.2, 0.25) is 0 Å². The Morgan fingerprint density at radius 3 is 2.67 bits per heavy atom. The molecule has 1 fully saturated rings. The molecule has 0 aromatic heterocycles. The molecule has 0 spiro atoms. The van der Waals surface area contributed by atoms with Gasteiger partial charge < -0.3 is 19.5 Å². The van der Waals surface area contributed by atoms with Gasteiger partial charge in [0.1, 0.15) is 18.8 Å². The van der Waals surface area contributed by atoms with Crippen LogP contribution >= 0.6 is 0 Å². The molecule has 6 nitrogen and oxygen atoms in total. The fourth-order valence-corrected chi connectivity index (χ4v) is 2.84. The predicted molar refractivity (Wildman–Crippen MR) is 73.7 cm³/mol. The number of amides is 1. The summed E-state index contributed by atoms with van der Waals surface area (Å²) < 4.78 is 10.9. The molecule has 1 amide bonds. The lowest BCUT2D eigenvalue weighted by atomic mass is 9.98. The monoisotopic (exact) mass is 291 g/mol. The van der Waals surface area contributed by atoms with Crippen molar-refractivity contribution in [3.63, 3.8) is 0 Å². The van der Waals surface area contributed by atoms with Gasteiger partial charge >= 0.3 is 5.97 Å². The van der Waals surface area contributed by atoms with Crippen LogP contribution in [0.1, 0.15) is 30.1 Å². The van der Waals surface area contributed by atoms with Gasteiger partial charge in [-0.05, 0) is 38.0 Å². The van der Waals surface area contributed by atoms with E-state index in [9.17, 15) is 14.7 Å². The number of nitrogens with zero attached hydrogens (tertiary/aromatic N) is 1. The largest absolute Gasteiger partial charge is 0.486 e. The number of ether oxygens (including phenoxy) is 2. The first-order valence-corrected chi connectivity index (χ1v) is 6.97. The second-order valence-electron chi connectivity index (χ2n) is 5.50. The van der Waals surface area contributed by atoms with E-state index in [0.29, 0.717) is 49.7 Å². The lowest BCUT2D eigenvalue weighted by molar-refractivity contribution is -0.147. The highest BCUT2D eigenvalue weighted by molar-refractivity contribution is 5.98. The Labute approximate surface area is 122 Å². The molecule has 1 atom stereocenters. The van der Waals surface area contributed by atoms with Gasteiger partial charge in [-0.3, -0.25) is 4.79 Å². The van der Waals surface area contributed by atoms with Gasteiger partial charge in [0.05, 0.1) is 0 Å². The zero-order valence-electron chi connectivity index (χ0n) is 11.8. The summed E-state index contributed by atoms with van der Waals surface area (Å²) in [6.07, 6.45) is 1.16. The molecule has 2 heterocycles. The minimum absolute atomic E-state index is 0.283. The molecule has 1 unspecified atom stereocenters. The van der Waals surface area contributed by atoms with E-state index in [0.717, 1.165) is 0 Å². The molecule has 0 aliphatic carbocycles. The molecule has 6 heteroatoms. The third-order valence-corrected chi connectivity index (χ3v) is 4.14. The predicted octanol–water partition coefficient (Wildman–Crippen LogP) is 1.54. The first kappa shape index (κ1) is 13.7. The molecule has 0 bridgehead atoms. The van der Waals surface area contributed by atoms with Gasteiger partial charge in [0.2, 0.25) is 0 Å². The van der Waals surface area contributed by atoms with Crippen LogP contribution in [0.5, 0.6) is 11.5 Å². The van der Waals surface area contributed by atoms with E-state index >= 15 is 0 Å². The Balaban J connectivity index is 1.90. The lowest BCUT2D eigenvalue weighted by Crippen LogP contribution is -2.50. The smallest absolute Gasteiger partial charge is 0.329 e. The number of carboxylic acids is 1. The van der Waals surface area contributed by atoms with Gasteiger partial charge in [-0.1, -0.05) is 0 Å². The first-order chi connectivity index (χ1) is 10.0. The molecule has 3 rings (SSSR count). The maximum Gasteiger partial charge on any atom is 0.329 e. The fourth-order valence-electron chi connectivity index (χ4n) is 2.84. The van der Waals surface area contributed by atoms with Crippen molar-refractivity contribution in [1.82, 2.24) is 4.90 Å². The van der Waals surface area contributed by atoms with Crippen LogP contribution in [-0.4, -0.2) is 47.2 Å². The second-order valence-corrected chi connectivity index (χ2v) is 5.50. The molecule has 1 aromatic carbocycles. The number of hydrogen-bond donors (Lipinski definition) is 1. The van der Waals surface area contributed by atoms with E-state index < -0.39 is 11.5 Å². The molecule has 21 heavy (non-hydrogen) atoms. The molecule has 1 N–H and O–H groups in total. The quantitative estimate of drug-likeness (QED) is 0.894. The van der Waals surface area contributed by atoms with Crippen molar-refractivity contribution in [3.05, 3.63) is 23.8 Å². The minimum Gasteiger partial charge on any atom is -0.486 e. The highest BCUT2D eigenvalue weighted by atomic mass is 16.6. The van der Waals surface area contributed by atoms with E-state index in [-0.39, 0.29) is 5.91 Å². The van der Waals surface area contributed by atoms with E-state index in [1.807, 2.05) is 0 Å². The number of aliphatic carboxylic acids is 1. The third kappa shape index (κ3) is 2.20. The average Bonchev–Trinajstić information content (AvgIpc) is 2.89. The van der Waals surface area contributed by atoms with E-state index in [2.05, 4.69) is 0 Å². The van der Waals surface area contributed by atoms with Crippen molar-refractivity contribution < 1.29 is 24.2 Å². The Morgan fingerprint density at radius 2 is 1.95 bits per heavy atom. The number of rotatable bonds is 2. The molecular weight excluding hydrogens is 274 g/mol. The number of carbonyl (C=O) groups is 2. The van der Waals surface area contributed by atoms with Gasteiger partial charge in [0, 0.05) is 12.1 Å². The van der Waals surface area contributed by atoms with Crippen molar-refractivity contribution >= 4 is 11.9 Å². The fraction of sp³-hybridized carbons (Fsp3) is 0.467. The summed E-state index contributed by atoms with van der Waals surface area (Å²) in [7, 11) is 0. The molecule has 2 aliphatic heterocycles. The van der Waals surface area contributed by atoms with Crippen molar-refractivity contribution in [3.8, 4) is 11.5 Å². The number of carbonyl (C=O) groups excluding carboxylic acids is 1. The second kappa shape index (κ2) is 4.95. The van der Waals surface area contributed by atoms with Crippen molar-refractivity contribution in [2.75, 3.05) is 19.8 Å². The summed E-state index contributed by atoms with van der Waals surface area (Å²) in [5.41, 5.74) is -0.710. The summed E-state index contributed by atoms with van der Waals surface area (Å²) in [6.45, 7) is 2.99. The normalized spacial score (nSPS) is 24.0. The van der Waals surface area contributed by atoms with Crippen LogP contribution < -0.4 is 9.47 Å². The van der Waals surface area contributed by atoms with Gasteiger partial charge in [-0.25, -0.2) is 4.79 Å². The highest BCUT2D eigenvalue weighted by Crippen LogP contribution is 2.34. The van der Waals surface area contributed by atoms with E-state index in [4.69, 9.17) is 9.47 Å². The van der Waals surface area contributed by atoms with E-state index in [1.165, 1.54) is 4.90 Å².